The maximum atomic E-state index is 13.1. The van der Waals surface area contributed by atoms with E-state index in [9.17, 15) is 9.59 Å². The van der Waals surface area contributed by atoms with Gasteiger partial charge >= 0.3 is 5.97 Å². The lowest BCUT2D eigenvalue weighted by Crippen LogP contribution is -2.32. The number of hydrogen-bond donors (Lipinski definition) is 1. The van der Waals surface area contributed by atoms with Crippen LogP contribution in [0.5, 0.6) is 5.75 Å². The van der Waals surface area contributed by atoms with Crippen LogP contribution < -0.4 is 9.64 Å². The first-order chi connectivity index (χ1) is 14.0. The van der Waals surface area contributed by atoms with Crippen LogP contribution in [0, 0.1) is 0 Å². The van der Waals surface area contributed by atoms with E-state index >= 15 is 0 Å². The maximum Gasteiger partial charge on any atom is 0.341 e. The number of carboxylic acid groups (broad SMARTS) is 1. The van der Waals surface area contributed by atoms with E-state index in [1.54, 1.807) is 41.3 Å². The lowest BCUT2D eigenvalue weighted by Gasteiger charge is -2.23. The molecule has 0 aliphatic rings. The highest BCUT2D eigenvalue weighted by atomic mass is 35.5. The Morgan fingerprint density at radius 1 is 0.897 bits per heavy atom. The lowest BCUT2D eigenvalue weighted by atomic mass is 10.1. The van der Waals surface area contributed by atoms with Crippen molar-refractivity contribution in [3.8, 4) is 5.75 Å². The molecule has 0 bridgehead atoms. The molecule has 0 aliphatic heterocycles. The Morgan fingerprint density at radius 2 is 1.55 bits per heavy atom. The Kier molecular flexibility index (Phi) is 6.87. The predicted molar refractivity (Wildman–Crippen MR) is 113 cm³/mol. The van der Waals surface area contributed by atoms with Crippen LogP contribution in [0.3, 0.4) is 0 Å². The van der Waals surface area contributed by atoms with Crippen molar-refractivity contribution in [1.29, 1.82) is 0 Å². The molecule has 148 valence electrons. The summed E-state index contributed by atoms with van der Waals surface area (Å²) in [6.45, 7) is 0.0972. The van der Waals surface area contributed by atoms with Crippen LogP contribution in [0.15, 0.2) is 78.9 Å². The molecule has 0 heterocycles. The molecule has 0 saturated heterocycles. The number of benzene rings is 3. The summed E-state index contributed by atoms with van der Waals surface area (Å²) in [6, 6.07) is 23.5. The normalized spacial score (nSPS) is 10.4. The van der Waals surface area contributed by atoms with Crippen molar-refractivity contribution in [3.05, 3.63) is 95.0 Å². The quantitative estimate of drug-likeness (QED) is 0.586. The predicted octanol–water partition coefficient (Wildman–Crippen LogP) is 4.69. The number of anilines is 1. The first-order valence-corrected chi connectivity index (χ1v) is 9.47. The molecule has 3 aromatic carbocycles. The molecule has 1 amide bonds. The smallest absolute Gasteiger partial charge is 0.341 e. The summed E-state index contributed by atoms with van der Waals surface area (Å²) < 4.78 is 5.15. The van der Waals surface area contributed by atoms with Gasteiger partial charge in [-0.05, 0) is 60.5 Å². The Hall–Kier alpha value is -3.31. The molecule has 3 rings (SSSR count). The second-order valence-electron chi connectivity index (χ2n) is 6.38. The highest BCUT2D eigenvalue weighted by Crippen LogP contribution is 2.21. The summed E-state index contributed by atoms with van der Waals surface area (Å²) >= 11 is 5.99. The third-order valence-electron chi connectivity index (χ3n) is 4.31. The summed E-state index contributed by atoms with van der Waals surface area (Å²) in [7, 11) is 0. The van der Waals surface area contributed by atoms with E-state index in [0.717, 1.165) is 11.3 Å². The van der Waals surface area contributed by atoms with E-state index in [2.05, 4.69) is 0 Å². The third-order valence-corrected chi connectivity index (χ3v) is 4.57. The van der Waals surface area contributed by atoms with Gasteiger partial charge in [-0.2, -0.15) is 0 Å². The Balaban J connectivity index is 1.74. The number of aliphatic carboxylic acids is 1. The number of halogens is 1. The third kappa shape index (κ3) is 5.83. The van der Waals surface area contributed by atoms with Crippen molar-refractivity contribution in [3.63, 3.8) is 0 Å². The van der Waals surface area contributed by atoms with Crippen LogP contribution in [0.2, 0.25) is 5.02 Å². The summed E-state index contributed by atoms with van der Waals surface area (Å²) in [5.41, 5.74) is 2.39. The Bertz CT molecular complexity index is 956. The van der Waals surface area contributed by atoms with Gasteiger partial charge in [0.1, 0.15) is 5.75 Å². The van der Waals surface area contributed by atoms with Gasteiger partial charge in [-0.15, -0.1) is 0 Å². The average molecular weight is 410 g/mol. The van der Waals surface area contributed by atoms with Gasteiger partial charge in [0.25, 0.3) is 5.91 Å². The topological polar surface area (TPSA) is 66.8 Å². The highest BCUT2D eigenvalue weighted by molar-refractivity contribution is 6.30. The molecule has 0 aliphatic carbocycles. The Morgan fingerprint density at radius 3 is 2.17 bits per heavy atom. The number of carbonyl (C=O) groups is 2. The molecule has 0 saturated carbocycles. The minimum absolute atomic E-state index is 0.0886. The van der Waals surface area contributed by atoms with Crippen molar-refractivity contribution in [2.24, 2.45) is 0 Å². The molecule has 3 aromatic rings. The van der Waals surface area contributed by atoms with E-state index in [1.807, 2.05) is 42.5 Å². The Labute approximate surface area is 174 Å². The number of amides is 1. The minimum Gasteiger partial charge on any atom is -0.482 e. The molecular formula is C23H20ClNO4. The van der Waals surface area contributed by atoms with Crippen molar-refractivity contribution in [2.75, 3.05) is 18.1 Å². The van der Waals surface area contributed by atoms with Gasteiger partial charge in [0.15, 0.2) is 6.61 Å². The molecule has 0 fully saturated rings. The van der Waals surface area contributed by atoms with Crippen LogP contribution in [-0.4, -0.2) is 30.1 Å². The fourth-order valence-electron chi connectivity index (χ4n) is 2.84. The lowest BCUT2D eigenvalue weighted by molar-refractivity contribution is -0.139. The van der Waals surface area contributed by atoms with Gasteiger partial charge in [0.2, 0.25) is 0 Å². The largest absolute Gasteiger partial charge is 0.482 e. The van der Waals surface area contributed by atoms with E-state index < -0.39 is 5.97 Å². The van der Waals surface area contributed by atoms with Crippen LogP contribution in [0.25, 0.3) is 0 Å². The van der Waals surface area contributed by atoms with E-state index in [-0.39, 0.29) is 12.5 Å². The zero-order valence-corrected chi connectivity index (χ0v) is 16.4. The van der Waals surface area contributed by atoms with E-state index in [1.165, 1.54) is 0 Å². The zero-order valence-electron chi connectivity index (χ0n) is 15.6. The number of hydrogen-bond acceptors (Lipinski definition) is 3. The van der Waals surface area contributed by atoms with Gasteiger partial charge in [0.05, 0.1) is 0 Å². The number of carboxylic acids is 1. The minimum atomic E-state index is -1.02. The van der Waals surface area contributed by atoms with E-state index in [0.29, 0.717) is 29.3 Å². The summed E-state index contributed by atoms with van der Waals surface area (Å²) in [5.74, 6) is -0.618. The van der Waals surface area contributed by atoms with Crippen LogP contribution >= 0.6 is 11.6 Å². The zero-order chi connectivity index (χ0) is 20.6. The molecule has 0 aromatic heterocycles. The molecular weight excluding hydrogens is 390 g/mol. The van der Waals surface area contributed by atoms with Crippen molar-refractivity contribution in [1.82, 2.24) is 0 Å². The van der Waals surface area contributed by atoms with Crippen molar-refractivity contribution < 1.29 is 19.4 Å². The molecule has 0 atom stereocenters. The van der Waals surface area contributed by atoms with Crippen LogP contribution in [0.4, 0.5) is 5.69 Å². The highest BCUT2D eigenvalue weighted by Gasteiger charge is 2.17. The van der Waals surface area contributed by atoms with Gasteiger partial charge in [-0.1, -0.05) is 41.9 Å². The van der Waals surface area contributed by atoms with Gasteiger partial charge in [0, 0.05) is 22.8 Å². The van der Waals surface area contributed by atoms with Crippen molar-refractivity contribution >= 4 is 29.2 Å². The first-order valence-electron chi connectivity index (χ1n) is 9.09. The van der Waals surface area contributed by atoms with Gasteiger partial charge in [-0.3, -0.25) is 4.79 Å². The second-order valence-corrected chi connectivity index (χ2v) is 6.81. The first kappa shape index (κ1) is 20.4. The van der Waals surface area contributed by atoms with Gasteiger partial charge < -0.3 is 14.7 Å². The standard InChI is InChI=1S/C23H20ClNO4/c24-19-8-10-20(11-9-19)25(23(28)18-4-2-1-3-5-18)15-14-17-6-12-21(13-7-17)29-16-22(26)27/h1-13H,14-16H2,(H,26,27). The SMILES string of the molecule is O=C(O)COc1ccc(CCN(C(=O)c2ccccc2)c2ccc(Cl)cc2)cc1. The fraction of sp³-hybridized carbons (Fsp3) is 0.130. The van der Waals surface area contributed by atoms with Crippen LogP contribution in [-0.2, 0) is 11.2 Å². The summed E-state index contributed by atoms with van der Waals surface area (Å²) in [5, 5.41) is 9.28. The number of rotatable bonds is 8. The molecule has 1 N–H and O–H groups in total. The molecule has 0 unspecified atom stereocenters. The van der Waals surface area contributed by atoms with Crippen molar-refractivity contribution in [2.45, 2.75) is 6.42 Å². The van der Waals surface area contributed by atoms with Crippen LogP contribution in [0.1, 0.15) is 15.9 Å². The second kappa shape index (κ2) is 9.75. The molecule has 0 spiro atoms. The molecule has 6 heteroatoms. The number of carbonyl (C=O) groups excluding carboxylic acids is 1. The fourth-order valence-corrected chi connectivity index (χ4v) is 2.97. The summed E-state index contributed by atoms with van der Waals surface area (Å²) in [6.07, 6.45) is 0.625. The molecule has 29 heavy (non-hydrogen) atoms. The molecule has 0 radical (unpaired) electrons. The van der Waals surface area contributed by atoms with Gasteiger partial charge in [-0.25, -0.2) is 4.79 Å². The number of nitrogens with zero attached hydrogens (tertiary/aromatic N) is 1. The monoisotopic (exact) mass is 409 g/mol. The number of ether oxygens (including phenoxy) is 1. The summed E-state index contributed by atoms with van der Waals surface area (Å²) in [4.78, 5) is 25.4. The molecule has 5 nitrogen and oxygen atoms in total. The van der Waals surface area contributed by atoms with E-state index in [4.69, 9.17) is 21.4 Å². The average Bonchev–Trinajstić information content (AvgIpc) is 2.75. The maximum absolute atomic E-state index is 13.1.